The molecule has 0 radical (unpaired) electrons. The van der Waals surface area contributed by atoms with Crippen LogP contribution in [-0.2, 0) is 11.2 Å². The van der Waals surface area contributed by atoms with Gasteiger partial charge in [-0.1, -0.05) is 37.6 Å². The summed E-state index contributed by atoms with van der Waals surface area (Å²) in [7, 11) is 0. The molecule has 3 nitrogen and oxygen atoms in total. The fourth-order valence-corrected chi connectivity index (χ4v) is 3.92. The summed E-state index contributed by atoms with van der Waals surface area (Å²) < 4.78 is 0. The van der Waals surface area contributed by atoms with E-state index in [1.807, 2.05) is 0 Å². The largest absolute Gasteiger partial charge is 0.481 e. The van der Waals surface area contributed by atoms with Gasteiger partial charge in [-0.3, -0.25) is 4.79 Å². The van der Waals surface area contributed by atoms with Gasteiger partial charge in [0.25, 0.3) is 0 Å². The van der Waals surface area contributed by atoms with Crippen molar-refractivity contribution in [1.82, 2.24) is 4.90 Å². The predicted molar refractivity (Wildman–Crippen MR) is 78.9 cm³/mol. The van der Waals surface area contributed by atoms with Crippen LogP contribution in [-0.4, -0.2) is 35.6 Å². The Kier molecular flexibility index (Phi) is 3.55. The van der Waals surface area contributed by atoms with E-state index < -0.39 is 11.4 Å². The quantitative estimate of drug-likeness (QED) is 0.896. The summed E-state index contributed by atoms with van der Waals surface area (Å²) in [6, 6.07) is 8.62. The maximum Gasteiger partial charge on any atom is 0.310 e. The second kappa shape index (κ2) is 5.21. The van der Waals surface area contributed by atoms with Crippen LogP contribution in [0.5, 0.6) is 0 Å². The highest BCUT2D eigenvalue weighted by Crippen LogP contribution is 2.40. The Morgan fingerprint density at radius 3 is 2.95 bits per heavy atom. The Bertz CT molecular complexity index is 513. The van der Waals surface area contributed by atoms with Crippen LogP contribution in [0.15, 0.2) is 24.3 Å². The molecule has 2 aliphatic rings. The smallest absolute Gasteiger partial charge is 0.310 e. The summed E-state index contributed by atoms with van der Waals surface area (Å²) in [4.78, 5) is 14.0. The SMILES string of the molecule is CCCC1(C(=O)O)CCN(CC2Cc3ccccc32)C1. The fourth-order valence-electron chi connectivity index (χ4n) is 3.92. The van der Waals surface area contributed by atoms with E-state index in [1.54, 1.807) is 0 Å². The summed E-state index contributed by atoms with van der Waals surface area (Å²) in [5.41, 5.74) is 2.45. The number of aliphatic carboxylic acids is 1. The second-order valence-corrected chi connectivity index (χ2v) is 6.42. The number of carbonyl (C=O) groups is 1. The molecule has 1 fully saturated rings. The average Bonchev–Trinajstić information content (AvgIpc) is 2.81. The third kappa shape index (κ3) is 2.24. The summed E-state index contributed by atoms with van der Waals surface area (Å²) in [5, 5.41) is 9.55. The molecule has 20 heavy (non-hydrogen) atoms. The van der Waals surface area contributed by atoms with Gasteiger partial charge in [0.2, 0.25) is 0 Å². The lowest BCUT2D eigenvalue weighted by atomic mass is 9.77. The fraction of sp³-hybridized carbons (Fsp3) is 0.588. The molecule has 1 saturated heterocycles. The molecule has 3 rings (SSSR count). The number of benzene rings is 1. The molecule has 0 saturated carbocycles. The highest BCUT2D eigenvalue weighted by atomic mass is 16.4. The number of carboxylic acids is 1. The molecule has 1 N–H and O–H groups in total. The minimum atomic E-state index is -0.601. The number of likely N-dealkylation sites (tertiary alicyclic amines) is 1. The minimum Gasteiger partial charge on any atom is -0.481 e. The maximum atomic E-state index is 11.6. The first-order chi connectivity index (χ1) is 9.64. The molecule has 2 unspecified atom stereocenters. The number of hydrogen-bond donors (Lipinski definition) is 1. The van der Waals surface area contributed by atoms with Crippen LogP contribution in [0.3, 0.4) is 0 Å². The van der Waals surface area contributed by atoms with Crippen molar-refractivity contribution in [1.29, 1.82) is 0 Å². The van der Waals surface area contributed by atoms with Gasteiger partial charge in [-0.15, -0.1) is 0 Å². The van der Waals surface area contributed by atoms with E-state index in [1.165, 1.54) is 11.1 Å². The van der Waals surface area contributed by atoms with Crippen molar-refractivity contribution in [3.05, 3.63) is 35.4 Å². The van der Waals surface area contributed by atoms with Crippen LogP contribution in [0, 0.1) is 5.41 Å². The summed E-state index contributed by atoms with van der Waals surface area (Å²) in [6.45, 7) is 4.77. The molecule has 0 aromatic heterocycles. The lowest BCUT2D eigenvalue weighted by Crippen LogP contribution is -2.37. The first-order valence-corrected chi connectivity index (χ1v) is 7.68. The first kappa shape index (κ1) is 13.6. The van der Waals surface area contributed by atoms with E-state index in [2.05, 4.69) is 36.1 Å². The van der Waals surface area contributed by atoms with Crippen LogP contribution in [0.25, 0.3) is 0 Å². The zero-order valence-corrected chi connectivity index (χ0v) is 12.1. The number of fused-ring (bicyclic) bond motifs is 1. The predicted octanol–water partition coefficient (Wildman–Crippen LogP) is 2.90. The van der Waals surface area contributed by atoms with Crippen molar-refractivity contribution < 1.29 is 9.90 Å². The van der Waals surface area contributed by atoms with Gasteiger partial charge in [-0.25, -0.2) is 0 Å². The lowest BCUT2D eigenvalue weighted by Gasteiger charge is -2.34. The summed E-state index contributed by atoms with van der Waals surface area (Å²) in [6.07, 6.45) is 3.72. The molecule has 0 amide bonds. The number of rotatable bonds is 5. The van der Waals surface area contributed by atoms with Crippen LogP contribution < -0.4 is 0 Å². The lowest BCUT2D eigenvalue weighted by molar-refractivity contribution is -0.148. The Labute approximate surface area is 120 Å². The average molecular weight is 273 g/mol. The molecule has 0 bridgehead atoms. The second-order valence-electron chi connectivity index (χ2n) is 6.42. The zero-order chi connectivity index (χ0) is 14.2. The minimum absolute atomic E-state index is 0.488. The van der Waals surface area contributed by atoms with Crippen LogP contribution >= 0.6 is 0 Å². The highest BCUT2D eigenvalue weighted by Gasteiger charge is 2.44. The Hall–Kier alpha value is -1.35. The van der Waals surface area contributed by atoms with Crippen molar-refractivity contribution >= 4 is 5.97 Å². The van der Waals surface area contributed by atoms with Crippen molar-refractivity contribution in [2.24, 2.45) is 5.41 Å². The van der Waals surface area contributed by atoms with Gasteiger partial charge in [0.05, 0.1) is 5.41 Å². The number of nitrogens with zero attached hydrogens (tertiary/aromatic N) is 1. The van der Waals surface area contributed by atoms with Gasteiger partial charge in [0.15, 0.2) is 0 Å². The van der Waals surface area contributed by atoms with Crippen molar-refractivity contribution in [3.8, 4) is 0 Å². The van der Waals surface area contributed by atoms with Gasteiger partial charge >= 0.3 is 5.97 Å². The van der Waals surface area contributed by atoms with E-state index in [9.17, 15) is 9.90 Å². The molecule has 108 valence electrons. The number of carboxylic acid groups (broad SMARTS) is 1. The molecule has 1 aromatic rings. The molecule has 2 atom stereocenters. The molecule has 0 spiro atoms. The molecule has 1 aromatic carbocycles. The number of hydrogen-bond acceptors (Lipinski definition) is 2. The van der Waals surface area contributed by atoms with E-state index in [-0.39, 0.29) is 0 Å². The van der Waals surface area contributed by atoms with Crippen LogP contribution in [0.4, 0.5) is 0 Å². The third-order valence-corrected chi connectivity index (χ3v) is 5.05. The van der Waals surface area contributed by atoms with Gasteiger partial charge in [0.1, 0.15) is 0 Å². The Balaban J connectivity index is 1.63. The zero-order valence-electron chi connectivity index (χ0n) is 12.1. The van der Waals surface area contributed by atoms with Crippen LogP contribution in [0.1, 0.15) is 43.2 Å². The highest BCUT2D eigenvalue weighted by molar-refractivity contribution is 5.75. The van der Waals surface area contributed by atoms with Gasteiger partial charge < -0.3 is 10.0 Å². The van der Waals surface area contributed by atoms with Crippen molar-refractivity contribution in [3.63, 3.8) is 0 Å². The molecular formula is C17H23NO2. The molecule has 1 aliphatic carbocycles. The molecule has 1 heterocycles. The van der Waals surface area contributed by atoms with E-state index in [0.29, 0.717) is 5.92 Å². The molecule has 1 aliphatic heterocycles. The monoisotopic (exact) mass is 273 g/mol. The van der Waals surface area contributed by atoms with Crippen LogP contribution in [0.2, 0.25) is 0 Å². The van der Waals surface area contributed by atoms with Gasteiger partial charge in [-0.2, -0.15) is 0 Å². The van der Waals surface area contributed by atoms with E-state index in [0.717, 1.165) is 45.3 Å². The van der Waals surface area contributed by atoms with Gasteiger partial charge in [-0.05, 0) is 36.9 Å². The van der Waals surface area contributed by atoms with Gasteiger partial charge in [0, 0.05) is 19.0 Å². The molecule has 3 heteroatoms. The Morgan fingerprint density at radius 1 is 1.45 bits per heavy atom. The summed E-state index contributed by atoms with van der Waals surface area (Å²) in [5.74, 6) is 0.00767. The van der Waals surface area contributed by atoms with Crippen molar-refractivity contribution in [2.45, 2.75) is 38.5 Å². The topological polar surface area (TPSA) is 40.5 Å². The normalized spacial score (nSPS) is 28.9. The summed E-state index contributed by atoms with van der Waals surface area (Å²) >= 11 is 0. The first-order valence-electron chi connectivity index (χ1n) is 7.68. The Morgan fingerprint density at radius 2 is 2.25 bits per heavy atom. The third-order valence-electron chi connectivity index (χ3n) is 5.05. The molecular weight excluding hydrogens is 250 g/mol. The van der Waals surface area contributed by atoms with Crippen molar-refractivity contribution in [2.75, 3.05) is 19.6 Å². The van der Waals surface area contributed by atoms with E-state index >= 15 is 0 Å². The maximum absolute atomic E-state index is 11.6. The standard InChI is InChI=1S/C17H23NO2/c1-2-7-17(16(19)20)8-9-18(12-17)11-14-10-13-5-3-4-6-15(13)14/h3-6,14H,2,7-12H2,1H3,(H,19,20). The van der Waals surface area contributed by atoms with E-state index in [4.69, 9.17) is 0 Å².